The van der Waals surface area contributed by atoms with E-state index in [2.05, 4.69) is 25.3 Å². The van der Waals surface area contributed by atoms with Gasteiger partial charge >= 0.3 is 5.97 Å². The molecule has 1 aliphatic rings. The highest BCUT2D eigenvalue weighted by Gasteiger charge is 2.17. The Labute approximate surface area is 154 Å². The third-order valence-corrected chi connectivity index (χ3v) is 4.56. The molecule has 1 atom stereocenters. The van der Waals surface area contributed by atoms with E-state index in [4.69, 9.17) is 0 Å². The first-order chi connectivity index (χ1) is 12.6. The molecule has 0 saturated heterocycles. The fourth-order valence-corrected chi connectivity index (χ4v) is 2.97. The van der Waals surface area contributed by atoms with Crippen LogP contribution in [0.4, 0.5) is 5.82 Å². The lowest BCUT2D eigenvalue weighted by Crippen LogP contribution is -2.40. The molecule has 142 valence electrons. The molecule has 0 bridgehead atoms. The summed E-state index contributed by atoms with van der Waals surface area (Å²) in [5.74, 6) is 0.616. The van der Waals surface area contributed by atoms with Crippen molar-refractivity contribution >= 4 is 23.8 Å². The van der Waals surface area contributed by atoms with Crippen molar-refractivity contribution in [2.24, 2.45) is 5.92 Å². The van der Waals surface area contributed by atoms with E-state index in [1.165, 1.54) is 70.2 Å². The monoisotopic (exact) mass is 360 g/mol. The first kappa shape index (κ1) is 19.9. The highest BCUT2D eigenvalue weighted by Crippen LogP contribution is 2.22. The Balaban J connectivity index is 1.78. The average Bonchev–Trinajstić information content (AvgIpc) is 2.94. The Kier molecular flexibility index (Phi) is 8.05. The highest BCUT2D eigenvalue weighted by molar-refractivity contribution is 5.86. The van der Waals surface area contributed by atoms with Crippen LogP contribution in [-0.4, -0.2) is 41.5 Å². The molecule has 0 spiro atoms. The average molecular weight is 360 g/mol. The smallest absolute Gasteiger partial charge is 0.330 e. The minimum atomic E-state index is -0.451. The van der Waals surface area contributed by atoms with Gasteiger partial charge in [0.1, 0.15) is 11.9 Å². The number of nitrogens with zero attached hydrogens (tertiary/aromatic N) is 2. The molecule has 1 amide bonds. The van der Waals surface area contributed by atoms with E-state index >= 15 is 0 Å². The third kappa shape index (κ3) is 6.82. The molecule has 2 N–H and O–H groups in total. The van der Waals surface area contributed by atoms with E-state index in [1.54, 1.807) is 6.92 Å². The zero-order valence-corrected chi connectivity index (χ0v) is 15.5. The van der Waals surface area contributed by atoms with Gasteiger partial charge in [-0.05, 0) is 31.8 Å². The van der Waals surface area contributed by atoms with Gasteiger partial charge in [0.2, 0.25) is 5.91 Å². The zero-order valence-electron chi connectivity index (χ0n) is 15.5. The maximum Gasteiger partial charge on any atom is 0.330 e. The fraction of sp³-hybridized carbons (Fsp3) is 0.579. The van der Waals surface area contributed by atoms with Crippen molar-refractivity contribution < 1.29 is 14.3 Å². The van der Waals surface area contributed by atoms with Crippen molar-refractivity contribution in [3.63, 3.8) is 0 Å². The van der Waals surface area contributed by atoms with Gasteiger partial charge in [0.25, 0.3) is 0 Å². The van der Waals surface area contributed by atoms with Crippen molar-refractivity contribution in [2.45, 2.75) is 51.5 Å². The quantitative estimate of drug-likeness (QED) is 0.441. The number of nitrogens with one attached hydrogen (secondary N) is 2. The van der Waals surface area contributed by atoms with Crippen LogP contribution in [0.3, 0.4) is 0 Å². The highest BCUT2D eigenvalue weighted by atomic mass is 16.5. The van der Waals surface area contributed by atoms with Gasteiger partial charge < -0.3 is 15.4 Å². The Hall–Kier alpha value is -2.44. The van der Waals surface area contributed by atoms with Gasteiger partial charge in [-0.2, -0.15) is 0 Å². The summed E-state index contributed by atoms with van der Waals surface area (Å²) in [6, 6.07) is -0.397. The molecule has 1 aromatic rings. The van der Waals surface area contributed by atoms with Crippen molar-refractivity contribution in [3.8, 4) is 0 Å². The van der Waals surface area contributed by atoms with Gasteiger partial charge in [-0.25, -0.2) is 9.78 Å². The van der Waals surface area contributed by atoms with E-state index in [9.17, 15) is 9.59 Å². The van der Waals surface area contributed by atoms with Crippen LogP contribution in [0, 0.1) is 5.92 Å². The number of anilines is 1. The summed E-state index contributed by atoms with van der Waals surface area (Å²) in [5.41, 5.74) is 0.534. The number of carbonyl (C=O) groups excluding carboxylic acids is 2. The molecule has 7 heteroatoms. The number of hydrogen-bond acceptors (Lipinski definition) is 6. The van der Waals surface area contributed by atoms with Crippen LogP contribution >= 0.6 is 0 Å². The first-order valence-corrected chi connectivity index (χ1v) is 9.21. The van der Waals surface area contributed by atoms with E-state index < -0.39 is 12.0 Å². The standard InChI is InChI=1S/C19H28N4O3/c1-14(19(25)22-11-15-7-5-3-4-6-8-15)23-17-13-20-16(12-21-17)9-10-18(24)26-2/h9-10,12-15H,3-8,11H2,1-2H3,(H,21,23)(H,22,25)/t14-/m1/s1. The van der Waals surface area contributed by atoms with Crippen LogP contribution in [0.1, 0.15) is 51.1 Å². The van der Waals surface area contributed by atoms with Crippen LogP contribution in [0.25, 0.3) is 6.08 Å². The number of methoxy groups -OCH3 is 1. The van der Waals surface area contributed by atoms with Gasteiger partial charge in [-0.1, -0.05) is 25.7 Å². The van der Waals surface area contributed by atoms with Gasteiger partial charge in [0.05, 0.1) is 25.2 Å². The molecule has 0 radical (unpaired) electrons. The zero-order chi connectivity index (χ0) is 18.8. The number of hydrogen-bond donors (Lipinski definition) is 2. The fourth-order valence-electron chi connectivity index (χ4n) is 2.97. The lowest BCUT2D eigenvalue weighted by Gasteiger charge is -2.18. The lowest BCUT2D eigenvalue weighted by molar-refractivity contribution is -0.134. The lowest BCUT2D eigenvalue weighted by atomic mass is 10.0. The van der Waals surface area contributed by atoms with E-state index in [1.807, 2.05) is 0 Å². The predicted molar refractivity (Wildman–Crippen MR) is 100 cm³/mol. The van der Waals surface area contributed by atoms with E-state index in [0.29, 0.717) is 17.4 Å². The molecule has 1 saturated carbocycles. The molecule has 0 unspecified atom stereocenters. The number of rotatable bonds is 7. The summed E-state index contributed by atoms with van der Waals surface area (Å²) in [7, 11) is 1.31. The number of ether oxygens (including phenoxy) is 1. The number of aromatic nitrogens is 2. The molecule has 2 rings (SSSR count). The molecule has 1 fully saturated rings. The normalized spacial score (nSPS) is 16.7. The second kappa shape index (κ2) is 10.5. The number of amides is 1. The molecule has 1 aromatic heterocycles. The van der Waals surface area contributed by atoms with E-state index in [0.717, 1.165) is 6.54 Å². The third-order valence-electron chi connectivity index (χ3n) is 4.56. The topological polar surface area (TPSA) is 93.2 Å². The number of carbonyl (C=O) groups is 2. The summed E-state index contributed by atoms with van der Waals surface area (Å²) < 4.78 is 4.52. The van der Waals surface area contributed by atoms with Crippen LogP contribution in [0.2, 0.25) is 0 Å². The van der Waals surface area contributed by atoms with Crippen molar-refractivity contribution in [1.29, 1.82) is 0 Å². The Morgan fingerprint density at radius 1 is 1.23 bits per heavy atom. The summed E-state index contributed by atoms with van der Waals surface area (Å²) in [5, 5.41) is 6.08. The van der Waals surface area contributed by atoms with Crippen molar-refractivity contribution in [2.75, 3.05) is 19.0 Å². The molecule has 1 heterocycles. The summed E-state index contributed by atoms with van der Waals surface area (Å²) in [4.78, 5) is 31.7. The second-order valence-corrected chi connectivity index (χ2v) is 6.65. The van der Waals surface area contributed by atoms with Crippen LogP contribution < -0.4 is 10.6 Å². The molecule has 0 aliphatic heterocycles. The minimum absolute atomic E-state index is 0.0364. The Bertz CT molecular complexity index is 608. The molecule has 0 aromatic carbocycles. The van der Waals surface area contributed by atoms with Crippen molar-refractivity contribution in [1.82, 2.24) is 15.3 Å². The summed E-state index contributed by atoms with van der Waals surface area (Å²) >= 11 is 0. The minimum Gasteiger partial charge on any atom is -0.466 e. The molecular weight excluding hydrogens is 332 g/mol. The molecule has 1 aliphatic carbocycles. The Morgan fingerprint density at radius 3 is 2.58 bits per heavy atom. The molecule has 26 heavy (non-hydrogen) atoms. The van der Waals surface area contributed by atoms with Crippen LogP contribution in [0.15, 0.2) is 18.5 Å². The van der Waals surface area contributed by atoms with Gasteiger partial charge in [0, 0.05) is 12.6 Å². The van der Waals surface area contributed by atoms with Gasteiger partial charge in [-0.15, -0.1) is 0 Å². The summed E-state index contributed by atoms with van der Waals surface area (Å²) in [6.45, 7) is 2.54. The maximum atomic E-state index is 12.3. The largest absolute Gasteiger partial charge is 0.466 e. The first-order valence-electron chi connectivity index (χ1n) is 9.21. The predicted octanol–water partition coefficient (Wildman–Crippen LogP) is 2.55. The maximum absolute atomic E-state index is 12.3. The second-order valence-electron chi connectivity index (χ2n) is 6.65. The van der Waals surface area contributed by atoms with Crippen LogP contribution in [0.5, 0.6) is 0 Å². The summed E-state index contributed by atoms with van der Waals surface area (Å²) in [6.07, 6.45) is 13.4. The Morgan fingerprint density at radius 2 is 1.96 bits per heavy atom. The van der Waals surface area contributed by atoms with Gasteiger partial charge in [0.15, 0.2) is 0 Å². The van der Waals surface area contributed by atoms with Crippen LogP contribution in [-0.2, 0) is 14.3 Å². The van der Waals surface area contributed by atoms with Crippen molar-refractivity contribution in [3.05, 3.63) is 24.2 Å². The SMILES string of the molecule is COC(=O)C=Cc1cnc(N[C@H](C)C(=O)NCC2CCCCCC2)cn1. The van der Waals surface area contributed by atoms with Gasteiger partial charge in [-0.3, -0.25) is 9.78 Å². The number of esters is 1. The van der Waals surface area contributed by atoms with E-state index in [-0.39, 0.29) is 5.91 Å². The molecule has 7 nitrogen and oxygen atoms in total. The molecular formula is C19H28N4O3.